The molecule has 3 aromatic heterocycles. The van der Waals surface area contributed by atoms with Gasteiger partial charge in [-0.3, -0.25) is 9.59 Å². The first-order chi connectivity index (χ1) is 13.5. The van der Waals surface area contributed by atoms with E-state index in [1.165, 1.54) is 11.3 Å². The van der Waals surface area contributed by atoms with Gasteiger partial charge in [-0.05, 0) is 24.1 Å². The van der Waals surface area contributed by atoms with Crippen LogP contribution in [0.1, 0.15) is 46.4 Å². The zero-order chi connectivity index (χ0) is 19.7. The van der Waals surface area contributed by atoms with Crippen LogP contribution in [0.15, 0.2) is 36.9 Å². The van der Waals surface area contributed by atoms with Crippen molar-refractivity contribution in [3.63, 3.8) is 0 Å². The van der Waals surface area contributed by atoms with E-state index in [4.69, 9.17) is 0 Å². The summed E-state index contributed by atoms with van der Waals surface area (Å²) in [6.07, 6.45) is 8.10. The first-order valence-corrected chi connectivity index (χ1v) is 10.3. The Morgan fingerprint density at radius 3 is 3.00 bits per heavy atom. The summed E-state index contributed by atoms with van der Waals surface area (Å²) >= 11 is 1.42. The Balaban J connectivity index is 1.36. The van der Waals surface area contributed by atoms with Crippen molar-refractivity contribution in [3.8, 4) is 0 Å². The molecule has 0 aliphatic carbocycles. The first-order valence-electron chi connectivity index (χ1n) is 9.45. The highest BCUT2D eigenvalue weighted by atomic mass is 32.1. The number of hydrogen-bond donors (Lipinski definition) is 1. The number of carbonyl (C=O) groups excluding carboxylic acids is 2. The van der Waals surface area contributed by atoms with Gasteiger partial charge in [0.25, 0.3) is 5.91 Å². The number of nitrogens with zero attached hydrogens (tertiary/aromatic N) is 4. The van der Waals surface area contributed by atoms with Gasteiger partial charge in [0.2, 0.25) is 5.91 Å². The summed E-state index contributed by atoms with van der Waals surface area (Å²) in [6.45, 7) is 5.74. The fraction of sp³-hybridized carbons (Fsp3) is 0.400. The second-order valence-electron chi connectivity index (χ2n) is 7.40. The van der Waals surface area contributed by atoms with Crippen molar-refractivity contribution in [2.24, 2.45) is 5.92 Å². The molecule has 0 saturated carbocycles. The molecule has 1 fully saturated rings. The average molecular weight is 398 g/mol. The largest absolute Gasteiger partial charge is 0.347 e. The number of imidazole rings is 1. The molecule has 28 heavy (non-hydrogen) atoms. The Labute approximate surface area is 167 Å². The Hall–Kier alpha value is -2.74. The van der Waals surface area contributed by atoms with E-state index in [0.717, 1.165) is 29.2 Å². The molecule has 146 valence electrons. The molecule has 7 nitrogen and oxygen atoms in total. The van der Waals surface area contributed by atoms with E-state index >= 15 is 0 Å². The number of aromatic nitrogens is 3. The number of nitrogens with one attached hydrogen (secondary N) is 1. The van der Waals surface area contributed by atoms with Crippen LogP contribution in [0.4, 0.5) is 0 Å². The number of thiazole rings is 1. The predicted molar refractivity (Wildman–Crippen MR) is 107 cm³/mol. The number of pyridine rings is 1. The third-order valence-corrected chi connectivity index (χ3v) is 6.16. The van der Waals surface area contributed by atoms with Crippen LogP contribution in [0.25, 0.3) is 5.65 Å². The Bertz CT molecular complexity index is 1010. The lowest BCUT2D eigenvalue weighted by Crippen LogP contribution is -2.31. The molecule has 1 saturated heterocycles. The van der Waals surface area contributed by atoms with E-state index in [-0.39, 0.29) is 23.7 Å². The zero-order valence-electron chi connectivity index (χ0n) is 16.0. The Morgan fingerprint density at radius 2 is 2.18 bits per heavy atom. The maximum absolute atomic E-state index is 12.5. The van der Waals surface area contributed by atoms with Crippen molar-refractivity contribution < 1.29 is 9.59 Å². The number of fused-ring (bicyclic) bond motifs is 1. The molecule has 2 amide bonds. The van der Waals surface area contributed by atoms with Gasteiger partial charge < -0.3 is 14.6 Å². The maximum Gasteiger partial charge on any atom is 0.263 e. The maximum atomic E-state index is 12.5. The topological polar surface area (TPSA) is 79.6 Å². The predicted octanol–water partition coefficient (Wildman–Crippen LogP) is 2.69. The van der Waals surface area contributed by atoms with Crippen molar-refractivity contribution in [1.82, 2.24) is 24.6 Å². The summed E-state index contributed by atoms with van der Waals surface area (Å²) in [7, 11) is 0. The van der Waals surface area contributed by atoms with Gasteiger partial charge in [-0.1, -0.05) is 13.8 Å². The summed E-state index contributed by atoms with van der Waals surface area (Å²) in [5.41, 5.74) is 1.85. The second-order valence-corrected chi connectivity index (χ2v) is 8.46. The van der Waals surface area contributed by atoms with Gasteiger partial charge in [-0.25, -0.2) is 9.97 Å². The number of rotatable bonds is 5. The van der Waals surface area contributed by atoms with Gasteiger partial charge in [0.1, 0.15) is 10.5 Å². The van der Waals surface area contributed by atoms with Gasteiger partial charge in [-0.2, -0.15) is 0 Å². The molecule has 0 aromatic carbocycles. The molecule has 1 aliphatic rings. The SMILES string of the molecule is CC(C)C(=O)N1CCC(c2ncc(C(=O)NCc3ccn4ccnc4c3)s2)C1. The molecule has 0 radical (unpaired) electrons. The standard InChI is InChI=1S/C20H23N5O2S/c1-13(2)20(27)25-7-4-15(12-25)19-23-11-16(28-19)18(26)22-10-14-3-6-24-8-5-21-17(24)9-14/h3,5-6,8-9,11,13,15H,4,7,10,12H2,1-2H3,(H,22,26). The second kappa shape index (κ2) is 7.71. The van der Waals surface area contributed by atoms with E-state index in [2.05, 4.69) is 15.3 Å². The first kappa shape index (κ1) is 18.6. The highest BCUT2D eigenvalue weighted by Gasteiger charge is 2.30. The summed E-state index contributed by atoms with van der Waals surface area (Å²) in [6, 6.07) is 3.92. The number of carbonyl (C=O) groups is 2. The van der Waals surface area contributed by atoms with E-state index < -0.39 is 0 Å². The van der Waals surface area contributed by atoms with E-state index in [9.17, 15) is 9.59 Å². The van der Waals surface area contributed by atoms with E-state index in [0.29, 0.717) is 18.0 Å². The third-order valence-electron chi connectivity index (χ3n) is 5.01. The fourth-order valence-electron chi connectivity index (χ4n) is 3.44. The normalized spacial score (nSPS) is 16.8. The van der Waals surface area contributed by atoms with E-state index in [1.807, 2.05) is 47.7 Å². The van der Waals surface area contributed by atoms with Crippen LogP contribution in [0, 0.1) is 5.92 Å². The molecule has 8 heteroatoms. The quantitative estimate of drug-likeness (QED) is 0.718. The molecular weight excluding hydrogens is 374 g/mol. The van der Waals surface area contributed by atoms with Crippen molar-refractivity contribution in [2.75, 3.05) is 13.1 Å². The van der Waals surface area contributed by atoms with Crippen molar-refractivity contribution in [1.29, 1.82) is 0 Å². The summed E-state index contributed by atoms with van der Waals surface area (Å²) < 4.78 is 1.93. The minimum Gasteiger partial charge on any atom is -0.347 e. The number of hydrogen-bond acceptors (Lipinski definition) is 5. The highest BCUT2D eigenvalue weighted by molar-refractivity contribution is 7.13. The minimum atomic E-state index is -0.125. The molecule has 1 atom stereocenters. The van der Waals surface area contributed by atoms with Crippen LogP contribution < -0.4 is 5.32 Å². The van der Waals surface area contributed by atoms with Crippen molar-refractivity contribution in [3.05, 3.63) is 52.4 Å². The molecular formula is C20H23N5O2S. The molecule has 0 bridgehead atoms. The van der Waals surface area contributed by atoms with Crippen LogP contribution in [-0.2, 0) is 11.3 Å². The van der Waals surface area contributed by atoms with Crippen LogP contribution in [0.3, 0.4) is 0 Å². The van der Waals surface area contributed by atoms with Gasteiger partial charge in [0, 0.05) is 50.1 Å². The zero-order valence-corrected chi connectivity index (χ0v) is 16.8. The lowest BCUT2D eigenvalue weighted by molar-refractivity contribution is -0.133. The molecule has 3 aromatic rings. The summed E-state index contributed by atoms with van der Waals surface area (Å²) in [4.78, 5) is 35.9. The Morgan fingerprint density at radius 1 is 1.32 bits per heavy atom. The van der Waals surface area contributed by atoms with Crippen LogP contribution >= 0.6 is 11.3 Å². The lowest BCUT2D eigenvalue weighted by atomic mass is 10.1. The Kier molecular flexibility index (Phi) is 5.13. The van der Waals surface area contributed by atoms with Gasteiger partial charge in [0.05, 0.1) is 11.2 Å². The summed E-state index contributed by atoms with van der Waals surface area (Å²) in [5, 5.41) is 3.88. The molecule has 1 unspecified atom stereocenters. The minimum absolute atomic E-state index is 0.0116. The highest BCUT2D eigenvalue weighted by Crippen LogP contribution is 2.31. The van der Waals surface area contributed by atoms with Crippen LogP contribution in [0.2, 0.25) is 0 Å². The summed E-state index contributed by atoms with van der Waals surface area (Å²) in [5.74, 6) is 0.293. The van der Waals surface area contributed by atoms with Crippen LogP contribution in [0.5, 0.6) is 0 Å². The number of amides is 2. The van der Waals surface area contributed by atoms with Gasteiger partial charge in [-0.15, -0.1) is 11.3 Å². The fourth-order valence-corrected chi connectivity index (χ4v) is 4.40. The average Bonchev–Trinajstić information content (AvgIpc) is 3.44. The molecule has 4 rings (SSSR count). The van der Waals surface area contributed by atoms with Gasteiger partial charge >= 0.3 is 0 Å². The van der Waals surface area contributed by atoms with Crippen molar-refractivity contribution in [2.45, 2.75) is 32.7 Å². The molecule has 0 spiro atoms. The lowest BCUT2D eigenvalue weighted by Gasteiger charge is -2.18. The smallest absolute Gasteiger partial charge is 0.263 e. The third kappa shape index (κ3) is 3.77. The molecule has 1 aliphatic heterocycles. The van der Waals surface area contributed by atoms with Gasteiger partial charge in [0.15, 0.2) is 0 Å². The van der Waals surface area contributed by atoms with Crippen molar-refractivity contribution >= 4 is 28.8 Å². The molecule has 4 heterocycles. The van der Waals surface area contributed by atoms with Crippen LogP contribution in [-0.4, -0.2) is 44.2 Å². The monoisotopic (exact) mass is 397 g/mol. The number of likely N-dealkylation sites (tertiary alicyclic amines) is 1. The molecule has 1 N–H and O–H groups in total. The van der Waals surface area contributed by atoms with E-state index in [1.54, 1.807) is 12.4 Å².